The highest BCUT2D eigenvalue weighted by Gasteiger charge is 2.20. The fourth-order valence-corrected chi connectivity index (χ4v) is 2.05. The molecular formula is C13H15ClO. The summed E-state index contributed by atoms with van der Waals surface area (Å²) >= 11 is 5.78. The van der Waals surface area contributed by atoms with Crippen LogP contribution in [0.15, 0.2) is 24.3 Å². The van der Waals surface area contributed by atoms with Crippen molar-refractivity contribution in [1.29, 1.82) is 0 Å². The Morgan fingerprint density at radius 3 is 2.47 bits per heavy atom. The molecule has 1 nitrogen and oxygen atoms in total. The van der Waals surface area contributed by atoms with Gasteiger partial charge in [0.25, 0.3) is 0 Å². The summed E-state index contributed by atoms with van der Waals surface area (Å²) < 4.78 is 0. The average Bonchev–Trinajstić information content (AvgIpc) is 2.16. The first kappa shape index (κ1) is 10.7. The third-order valence-corrected chi connectivity index (χ3v) is 3.31. The molecule has 0 bridgehead atoms. The van der Waals surface area contributed by atoms with Gasteiger partial charge in [0, 0.05) is 17.9 Å². The summed E-state index contributed by atoms with van der Waals surface area (Å²) in [6.45, 7) is 0. The van der Waals surface area contributed by atoms with Gasteiger partial charge < -0.3 is 0 Å². The summed E-state index contributed by atoms with van der Waals surface area (Å²) in [4.78, 5) is 11.7. The second kappa shape index (κ2) is 4.80. The molecule has 0 heterocycles. The van der Waals surface area contributed by atoms with Gasteiger partial charge in [-0.2, -0.15) is 0 Å². The second-order valence-corrected chi connectivity index (χ2v) is 4.78. The lowest BCUT2D eigenvalue weighted by atomic mass is 9.81. The Bertz CT molecular complexity index is 338. The molecule has 0 aromatic heterocycles. The SMILES string of the molecule is O=C(Cc1ccc(Cl)cc1)CC1CCC1. The molecule has 1 aromatic carbocycles. The van der Waals surface area contributed by atoms with Gasteiger partial charge in [-0.15, -0.1) is 0 Å². The fourth-order valence-electron chi connectivity index (χ4n) is 1.92. The van der Waals surface area contributed by atoms with Gasteiger partial charge >= 0.3 is 0 Å². The number of hydrogen-bond donors (Lipinski definition) is 0. The maximum atomic E-state index is 11.7. The smallest absolute Gasteiger partial charge is 0.137 e. The lowest BCUT2D eigenvalue weighted by Gasteiger charge is -2.24. The van der Waals surface area contributed by atoms with Gasteiger partial charge in [0.05, 0.1) is 0 Å². The van der Waals surface area contributed by atoms with E-state index < -0.39 is 0 Å². The molecule has 15 heavy (non-hydrogen) atoms. The quantitative estimate of drug-likeness (QED) is 0.760. The second-order valence-electron chi connectivity index (χ2n) is 4.34. The number of hydrogen-bond acceptors (Lipinski definition) is 1. The first-order valence-electron chi connectivity index (χ1n) is 5.50. The van der Waals surface area contributed by atoms with Crippen LogP contribution in [-0.4, -0.2) is 5.78 Å². The van der Waals surface area contributed by atoms with Crippen molar-refractivity contribution in [1.82, 2.24) is 0 Å². The van der Waals surface area contributed by atoms with E-state index in [0.717, 1.165) is 17.0 Å². The molecule has 1 aromatic rings. The summed E-state index contributed by atoms with van der Waals surface area (Å²) in [5, 5.41) is 0.727. The van der Waals surface area contributed by atoms with E-state index in [-0.39, 0.29) is 0 Å². The van der Waals surface area contributed by atoms with Gasteiger partial charge in [-0.05, 0) is 23.6 Å². The Balaban J connectivity index is 1.84. The van der Waals surface area contributed by atoms with Gasteiger partial charge in [0.1, 0.15) is 5.78 Å². The van der Waals surface area contributed by atoms with Crippen molar-refractivity contribution in [3.8, 4) is 0 Å². The zero-order valence-electron chi connectivity index (χ0n) is 8.71. The molecule has 0 saturated heterocycles. The number of carbonyl (C=O) groups is 1. The normalized spacial score (nSPS) is 16.1. The van der Waals surface area contributed by atoms with Gasteiger partial charge in [0.2, 0.25) is 0 Å². The van der Waals surface area contributed by atoms with Crippen LogP contribution in [0.5, 0.6) is 0 Å². The minimum absolute atomic E-state index is 0.363. The van der Waals surface area contributed by atoms with Crippen LogP contribution in [-0.2, 0) is 11.2 Å². The van der Waals surface area contributed by atoms with Crippen LogP contribution < -0.4 is 0 Å². The first-order chi connectivity index (χ1) is 7.24. The monoisotopic (exact) mass is 222 g/mol. The molecular weight excluding hydrogens is 208 g/mol. The van der Waals surface area contributed by atoms with Crippen LogP contribution >= 0.6 is 11.6 Å². The molecule has 0 atom stereocenters. The molecule has 2 rings (SSSR count). The number of Topliss-reactive ketones (excluding diaryl/α,β-unsaturated/α-hetero) is 1. The number of ketones is 1. The molecule has 1 fully saturated rings. The van der Waals surface area contributed by atoms with E-state index in [1.165, 1.54) is 19.3 Å². The highest BCUT2D eigenvalue weighted by molar-refractivity contribution is 6.30. The summed E-state index contributed by atoms with van der Waals surface area (Å²) in [6, 6.07) is 7.54. The zero-order valence-corrected chi connectivity index (χ0v) is 9.46. The highest BCUT2D eigenvalue weighted by Crippen LogP contribution is 2.29. The Morgan fingerprint density at radius 1 is 1.27 bits per heavy atom. The van der Waals surface area contributed by atoms with Crippen LogP contribution in [0.3, 0.4) is 0 Å². The Morgan fingerprint density at radius 2 is 1.93 bits per heavy atom. The molecule has 1 aliphatic rings. The minimum atomic E-state index is 0.363. The largest absolute Gasteiger partial charge is 0.299 e. The topological polar surface area (TPSA) is 17.1 Å². The molecule has 2 heteroatoms. The number of rotatable bonds is 4. The molecule has 80 valence electrons. The summed E-state index contributed by atoms with van der Waals surface area (Å²) in [7, 11) is 0. The predicted octanol–water partition coefficient (Wildman–Crippen LogP) is 3.64. The van der Waals surface area contributed by atoms with Gasteiger partial charge in [0.15, 0.2) is 0 Å². The van der Waals surface area contributed by atoms with Crippen molar-refractivity contribution < 1.29 is 4.79 Å². The van der Waals surface area contributed by atoms with Crippen LogP contribution in [0, 0.1) is 5.92 Å². The van der Waals surface area contributed by atoms with Crippen LogP contribution in [0.1, 0.15) is 31.2 Å². The van der Waals surface area contributed by atoms with Gasteiger partial charge in [-0.1, -0.05) is 43.0 Å². The van der Waals surface area contributed by atoms with E-state index in [4.69, 9.17) is 11.6 Å². The number of halogens is 1. The van der Waals surface area contributed by atoms with E-state index in [0.29, 0.717) is 18.1 Å². The van der Waals surface area contributed by atoms with Crippen molar-refractivity contribution >= 4 is 17.4 Å². The summed E-state index contributed by atoms with van der Waals surface area (Å²) in [5.41, 5.74) is 1.07. The van der Waals surface area contributed by atoms with Crippen molar-refractivity contribution in [3.63, 3.8) is 0 Å². The molecule has 0 unspecified atom stereocenters. The Kier molecular flexibility index (Phi) is 3.42. The van der Waals surface area contributed by atoms with Gasteiger partial charge in [-0.25, -0.2) is 0 Å². The van der Waals surface area contributed by atoms with E-state index in [9.17, 15) is 4.79 Å². The highest BCUT2D eigenvalue weighted by atomic mass is 35.5. The van der Waals surface area contributed by atoms with E-state index >= 15 is 0 Å². The van der Waals surface area contributed by atoms with Crippen molar-refractivity contribution in [2.45, 2.75) is 32.1 Å². The maximum Gasteiger partial charge on any atom is 0.137 e. The van der Waals surface area contributed by atoms with E-state index in [1.807, 2.05) is 24.3 Å². The molecule has 0 N–H and O–H groups in total. The minimum Gasteiger partial charge on any atom is -0.299 e. The maximum absolute atomic E-state index is 11.7. The van der Waals surface area contributed by atoms with Crippen molar-refractivity contribution in [3.05, 3.63) is 34.9 Å². The molecule has 0 aliphatic heterocycles. The van der Waals surface area contributed by atoms with Crippen LogP contribution in [0.25, 0.3) is 0 Å². The zero-order chi connectivity index (χ0) is 10.7. The van der Waals surface area contributed by atoms with Crippen LogP contribution in [0.4, 0.5) is 0 Å². The molecule has 1 saturated carbocycles. The molecule has 0 amide bonds. The lowest BCUT2D eigenvalue weighted by molar-refractivity contribution is -0.119. The Hall–Kier alpha value is -0.820. The van der Waals surface area contributed by atoms with Crippen molar-refractivity contribution in [2.75, 3.05) is 0 Å². The average molecular weight is 223 g/mol. The van der Waals surface area contributed by atoms with Crippen LogP contribution in [0.2, 0.25) is 5.02 Å². The third kappa shape index (κ3) is 3.07. The first-order valence-corrected chi connectivity index (χ1v) is 5.88. The summed E-state index contributed by atoms with van der Waals surface area (Å²) in [5.74, 6) is 1.03. The Labute approximate surface area is 95.4 Å². The lowest BCUT2D eigenvalue weighted by Crippen LogP contribution is -2.16. The predicted molar refractivity (Wildman–Crippen MR) is 62.1 cm³/mol. The summed E-state index contributed by atoms with van der Waals surface area (Å²) in [6.07, 6.45) is 5.12. The molecule has 0 spiro atoms. The van der Waals surface area contributed by atoms with Gasteiger partial charge in [-0.3, -0.25) is 4.79 Å². The number of carbonyl (C=O) groups excluding carboxylic acids is 1. The molecule has 1 aliphatic carbocycles. The van der Waals surface area contributed by atoms with E-state index in [2.05, 4.69) is 0 Å². The van der Waals surface area contributed by atoms with E-state index in [1.54, 1.807) is 0 Å². The molecule has 0 radical (unpaired) electrons. The standard InChI is InChI=1S/C13H15ClO/c14-12-6-4-11(5-7-12)9-13(15)8-10-2-1-3-10/h4-7,10H,1-3,8-9H2. The fraction of sp³-hybridized carbons (Fsp3) is 0.462. The van der Waals surface area contributed by atoms with Crippen molar-refractivity contribution in [2.24, 2.45) is 5.92 Å². The number of benzene rings is 1. The third-order valence-electron chi connectivity index (χ3n) is 3.06.